The van der Waals surface area contributed by atoms with Crippen LogP contribution in [-0.2, 0) is 5.54 Å². The molecular weight excluding hydrogens is 238 g/mol. The van der Waals surface area contributed by atoms with Gasteiger partial charge in [0.2, 0.25) is 5.54 Å². The maximum Gasteiger partial charge on any atom is 0.248 e. The molecule has 0 aliphatic rings. The summed E-state index contributed by atoms with van der Waals surface area (Å²) in [4.78, 5) is 11.2. The Morgan fingerprint density at radius 3 is 2.47 bits per heavy atom. The summed E-state index contributed by atoms with van der Waals surface area (Å²) in [5, 5.41) is 13.6. The fraction of sp³-hybridized carbons (Fsp3) is 0.250. The van der Waals surface area contributed by atoms with Crippen LogP contribution in [0.15, 0.2) is 54.6 Å². The minimum absolute atomic E-state index is 0.216. The minimum atomic E-state index is -1.12. The Labute approximate surface area is 112 Å². The second-order valence-corrected chi connectivity index (χ2v) is 5.23. The first kappa shape index (κ1) is 13.3. The highest BCUT2D eigenvalue weighted by Crippen LogP contribution is 2.32. The van der Waals surface area contributed by atoms with Gasteiger partial charge in [-0.2, -0.15) is 0 Å². The van der Waals surface area contributed by atoms with Crippen molar-refractivity contribution in [2.75, 3.05) is 0 Å². The van der Waals surface area contributed by atoms with E-state index in [1.807, 2.05) is 49.4 Å². The Morgan fingerprint density at radius 1 is 1.26 bits per heavy atom. The van der Waals surface area contributed by atoms with Crippen LogP contribution in [0.25, 0.3) is 10.8 Å². The van der Waals surface area contributed by atoms with Gasteiger partial charge in [0, 0.05) is 23.8 Å². The lowest BCUT2D eigenvalue weighted by atomic mass is 9.86. The first-order chi connectivity index (χ1) is 8.93. The molecule has 2 aromatic carbocycles. The van der Waals surface area contributed by atoms with E-state index in [1.165, 1.54) is 0 Å². The first-order valence-electron chi connectivity index (χ1n) is 6.21. The van der Waals surface area contributed by atoms with Crippen molar-refractivity contribution in [1.29, 1.82) is 0 Å². The number of fused-ring (bicyclic) bond motifs is 1. The van der Waals surface area contributed by atoms with E-state index in [1.54, 1.807) is 6.92 Å². The van der Waals surface area contributed by atoms with E-state index in [0.717, 1.165) is 21.9 Å². The van der Waals surface area contributed by atoms with Crippen LogP contribution in [0.2, 0.25) is 0 Å². The standard InChI is InChI=1S/C16H17NO2/c1-12(2)11-16(3,17(18)19)15-9-8-13-6-4-5-7-14(13)10-15/h4-10H,1,11H2,2-3H3/t16-/m0/s1. The molecule has 0 aliphatic heterocycles. The maximum atomic E-state index is 11.5. The summed E-state index contributed by atoms with van der Waals surface area (Å²) >= 11 is 0. The van der Waals surface area contributed by atoms with Gasteiger partial charge in [0.1, 0.15) is 0 Å². The molecule has 0 saturated carbocycles. The van der Waals surface area contributed by atoms with Crippen molar-refractivity contribution in [3.05, 3.63) is 70.3 Å². The molecule has 0 amide bonds. The molecule has 19 heavy (non-hydrogen) atoms. The zero-order valence-corrected chi connectivity index (χ0v) is 11.2. The molecule has 2 aromatic rings. The Hall–Kier alpha value is -2.16. The second kappa shape index (κ2) is 4.84. The highest BCUT2D eigenvalue weighted by atomic mass is 16.6. The van der Waals surface area contributed by atoms with Crippen LogP contribution < -0.4 is 0 Å². The average Bonchev–Trinajstić information content (AvgIpc) is 2.37. The maximum absolute atomic E-state index is 11.5. The van der Waals surface area contributed by atoms with E-state index in [-0.39, 0.29) is 4.92 Å². The number of nitrogens with zero attached hydrogens (tertiary/aromatic N) is 1. The summed E-state index contributed by atoms with van der Waals surface area (Å²) < 4.78 is 0. The normalized spacial score (nSPS) is 14.0. The number of rotatable bonds is 4. The van der Waals surface area contributed by atoms with E-state index in [0.29, 0.717) is 6.42 Å². The van der Waals surface area contributed by atoms with E-state index in [2.05, 4.69) is 6.58 Å². The zero-order chi connectivity index (χ0) is 14.0. The molecule has 0 aliphatic carbocycles. The van der Waals surface area contributed by atoms with Gasteiger partial charge in [-0.1, -0.05) is 48.6 Å². The van der Waals surface area contributed by atoms with Gasteiger partial charge >= 0.3 is 0 Å². The fourth-order valence-corrected chi connectivity index (χ4v) is 2.38. The molecule has 1 atom stereocenters. The van der Waals surface area contributed by atoms with E-state index >= 15 is 0 Å². The zero-order valence-electron chi connectivity index (χ0n) is 11.2. The van der Waals surface area contributed by atoms with Gasteiger partial charge < -0.3 is 0 Å². The SMILES string of the molecule is C=C(C)C[C@@](C)(c1ccc2ccccc2c1)[N+](=O)[O-]. The Balaban J connectivity index is 2.56. The van der Waals surface area contributed by atoms with E-state index in [4.69, 9.17) is 0 Å². The van der Waals surface area contributed by atoms with Crippen molar-refractivity contribution < 1.29 is 4.92 Å². The minimum Gasteiger partial charge on any atom is -0.264 e. The van der Waals surface area contributed by atoms with Crippen LogP contribution in [0.5, 0.6) is 0 Å². The summed E-state index contributed by atoms with van der Waals surface area (Å²) in [6.07, 6.45) is 0.346. The van der Waals surface area contributed by atoms with Gasteiger partial charge in [-0.3, -0.25) is 10.1 Å². The number of nitro groups is 1. The molecule has 0 heterocycles. The van der Waals surface area contributed by atoms with Crippen molar-refractivity contribution in [3.8, 4) is 0 Å². The Kier molecular flexibility index (Phi) is 3.38. The summed E-state index contributed by atoms with van der Waals surface area (Å²) in [5.41, 5.74) is 0.419. The molecule has 0 saturated heterocycles. The summed E-state index contributed by atoms with van der Waals surface area (Å²) in [6.45, 7) is 7.29. The highest BCUT2D eigenvalue weighted by molar-refractivity contribution is 5.83. The van der Waals surface area contributed by atoms with Crippen molar-refractivity contribution >= 4 is 10.8 Å². The largest absolute Gasteiger partial charge is 0.264 e. The van der Waals surface area contributed by atoms with Gasteiger partial charge in [-0.25, -0.2) is 0 Å². The summed E-state index contributed by atoms with van der Waals surface area (Å²) in [5.74, 6) is 0. The Bertz CT molecular complexity index is 648. The number of benzene rings is 2. The first-order valence-corrected chi connectivity index (χ1v) is 6.21. The molecule has 0 aromatic heterocycles. The molecule has 0 bridgehead atoms. The molecular formula is C16H17NO2. The fourth-order valence-electron chi connectivity index (χ4n) is 2.38. The van der Waals surface area contributed by atoms with Gasteiger partial charge in [0.15, 0.2) is 0 Å². The van der Waals surface area contributed by atoms with E-state index in [9.17, 15) is 10.1 Å². The molecule has 3 heteroatoms. The van der Waals surface area contributed by atoms with Gasteiger partial charge in [-0.15, -0.1) is 0 Å². The smallest absolute Gasteiger partial charge is 0.248 e. The molecule has 0 radical (unpaired) electrons. The van der Waals surface area contributed by atoms with Crippen molar-refractivity contribution in [2.45, 2.75) is 25.8 Å². The summed E-state index contributed by atoms with van der Waals surface area (Å²) in [6, 6.07) is 13.6. The van der Waals surface area contributed by atoms with Crippen LogP contribution >= 0.6 is 0 Å². The average molecular weight is 255 g/mol. The van der Waals surface area contributed by atoms with Crippen LogP contribution in [0.3, 0.4) is 0 Å². The van der Waals surface area contributed by atoms with Crippen LogP contribution in [0.1, 0.15) is 25.8 Å². The molecule has 98 valence electrons. The van der Waals surface area contributed by atoms with Crippen LogP contribution in [-0.4, -0.2) is 4.92 Å². The molecule has 2 rings (SSSR count). The number of hydrogen-bond acceptors (Lipinski definition) is 2. The molecule has 0 unspecified atom stereocenters. The predicted molar refractivity (Wildman–Crippen MR) is 77.7 cm³/mol. The molecule has 3 nitrogen and oxygen atoms in total. The lowest BCUT2D eigenvalue weighted by molar-refractivity contribution is -0.574. The quantitative estimate of drug-likeness (QED) is 0.464. The third-order valence-corrected chi connectivity index (χ3v) is 3.42. The predicted octanol–water partition coefficient (Wildman–Crippen LogP) is 4.30. The molecule has 0 N–H and O–H groups in total. The molecule has 0 spiro atoms. The third-order valence-electron chi connectivity index (χ3n) is 3.42. The van der Waals surface area contributed by atoms with Crippen molar-refractivity contribution in [2.24, 2.45) is 0 Å². The number of hydrogen-bond donors (Lipinski definition) is 0. The van der Waals surface area contributed by atoms with Gasteiger partial charge in [-0.05, 0) is 23.8 Å². The van der Waals surface area contributed by atoms with Crippen LogP contribution in [0.4, 0.5) is 0 Å². The summed E-state index contributed by atoms with van der Waals surface area (Å²) in [7, 11) is 0. The van der Waals surface area contributed by atoms with Gasteiger partial charge in [0.25, 0.3) is 0 Å². The monoisotopic (exact) mass is 255 g/mol. The highest BCUT2D eigenvalue weighted by Gasteiger charge is 2.39. The van der Waals surface area contributed by atoms with Gasteiger partial charge in [0.05, 0.1) is 0 Å². The third kappa shape index (κ3) is 2.50. The second-order valence-electron chi connectivity index (χ2n) is 5.23. The van der Waals surface area contributed by atoms with Crippen molar-refractivity contribution in [1.82, 2.24) is 0 Å². The van der Waals surface area contributed by atoms with Crippen LogP contribution in [0, 0.1) is 10.1 Å². The lowest BCUT2D eigenvalue weighted by Gasteiger charge is -2.22. The van der Waals surface area contributed by atoms with Crippen molar-refractivity contribution in [3.63, 3.8) is 0 Å². The van der Waals surface area contributed by atoms with E-state index < -0.39 is 5.54 Å². The lowest BCUT2D eigenvalue weighted by Crippen LogP contribution is -2.32. The molecule has 0 fully saturated rings. The topological polar surface area (TPSA) is 43.1 Å². The Morgan fingerprint density at radius 2 is 1.89 bits per heavy atom.